The van der Waals surface area contributed by atoms with Crippen molar-refractivity contribution >= 4 is 5.78 Å². The standard InChI is InChI=1S/C14H13NO4/c1-8-9(2)19-14(15-8)7-17-10-3-4-11-12(16)6-18-13(11)5-10/h3-5H,6-7H2,1-2H3. The second kappa shape index (κ2) is 4.42. The number of ether oxygens (including phenoxy) is 2. The molecule has 2 heterocycles. The summed E-state index contributed by atoms with van der Waals surface area (Å²) in [7, 11) is 0. The number of oxazole rings is 1. The van der Waals surface area contributed by atoms with E-state index in [9.17, 15) is 4.79 Å². The van der Waals surface area contributed by atoms with Crippen LogP contribution in [0.4, 0.5) is 0 Å². The van der Waals surface area contributed by atoms with Gasteiger partial charge in [0, 0.05) is 6.07 Å². The van der Waals surface area contributed by atoms with E-state index in [-0.39, 0.29) is 19.0 Å². The number of carbonyl (C=O) groups excluding carboxylic acids is 1. The van der Waals surface area contributed by atoms with Crippen molar-refractivity contribution in [2.24, 2.45) is 0 Å². The molecule has 0 N–H and O–H groups in total. The predicted molar refractivity (Wildman–Crippen MR) is 66.6 cm³/mol. The number of nitrogens with zero attached hydrogens (tertiary/aromatic N) is 1. The van der Waals surface area contributed by atoms with Crippen molar-refractivity contribution in [3.63, 3.8) is 0 Å². The van der Waals surface area contributed by atoms with E-state index < -0.39 is 0 Å². The molecule has 1 aliphatic rings. The number of rotatable bonds is 3. The van der Waals surface area contributed by atoms with Gasteiger partial charge in [-0.15, -0.1) is 0 Å². The van der Waals surface area contributed by atoms with Gasteiger partial charge in [-0.3, -0.25) is 4.79 Å². The van der Waals surface area contributed by atoms with Crippen LogP contribution in [0.1, 0.15) is 27.7 Å². The Hall–Kier alpha value is -2.30. The number of carbonyl (C=O) groups is 1. The topological polar surface area (TPSA) is 61.6 Å². The van der Waals surface area contributed by atoms with Gasteiger partial charge in [-0.25, -0.2) is 4.98 Å². The first-order valence-electron chi connectivity index (χ1n) is 5.99. The highest BCUT2D eigenvalue weighted by molar-refractivity contribution is 6.02. The highest BCUT2D eigenvalue weighted by Crippen LogP contribution is 2.29. The van der Waals surface area contributed by atoms with Gasteiger partial charge in [0.2, 0.25) is 11.7 Å². The first-order valence-corrected chi connectivity index (χ1v) is 5.99. The average molecular weight is 259 g/mol. The smallest absolute Gasteiger partial charge is 0.232 e. The molecule has 3 rings (SSSR count). The fourth-order valence-corrected chi connectivity index (χ4v) is 1.91. The third kappa shape index (κ3) is 2.19. The number of hydrogen-bond donors (Lipinski definition) is 0. The Labute approximate surface area is 110 Å². The summed E-state index contributed by atoms with van der Waals surface area (Å²) in [5.41, 5.74) is 1.47. The van der Waals surface area contributed by atoms with Crippen LogP contribution in [-0.4, -0.2) is 17.4 Å². The van der Waals surface area contributed by atoms with E-state index >= 15 is 0 Å². The third-order valence-corrected chi connectivity index (χ3v) is 3.05. The third-order valence-electron chi connectivity index (χ3n) is 3.05. The maximum atomic E-state index is 11.4. The SMILES string of the molecule is Cc1nc(COc2ccc3c(c2)OCC3=O)oc1C. The quantitative estimate of drug-likeness (QED) is 0.847. The Bertz CT molecular complexity index is 625. The van der Waals surface area contributed by atoms with Crippen LogP contribution in [0.5, 0.6) is 11.5 Å². The van der Waals surface area contributed by atoms with Crippen molar-refractivity contribution < 1.29 is 18.7 Å². The second-order valence-electron chi connectivity index (χ2n) is 4.41. The molecule has 5 nitrogen and oxygen atoms in total. The maximum Gasteiger partial charge on any atom is 0.232 e. The predicted octanol–water partition coefficient (Wildman–Crippen LogP) is 2.45. The van der Waals surface area contributed by atoms with Gasteiger partial charge in [0.25, 0.3) is 0 Å². The second-order valence-corrected chi connectivity index (χ2v) is 4.41. The van der Waals surface area contributed by atoms with E-state index in [4.69, 9.17) is 13.9 Å². The lowest BCUT2D eigenvalue weighted by Crippen LogP contribution is -1.98. The van der Waals surface area contributed by atoms with Crippen LogP contribution in [0.15, 0.2) is 22.6 Å². The van der Waals surface area contributed by atoms with E-state index in [1.165, 1.54) is 0 Å². The molecule has 0 amide bonds. The van der Waals surface area contributed by atoms with Crippen molar-refractivity contribution in [2.45, 2.75) is 20.5 Å². The minimum Gasteiger partial charge on any atom is -0.485 e. The van der Waals surface area contributed by atoms with Crippen molar-refractivity contribution in [1.82, 2.24) is 4.98 Å². The van der Waals surface area contributed by atoms with E-state index in [1.807, 2.05) is 13.8 Å². The number of aromatic nitrogens is 1. The van der Waals surface area contributed by atoms with Gasteiger partial charge in [0.1, 0.15) is 17.3 Å². The van der Waals surface area contributed by atoms with Crippen LogP contribution in [0.25, 0.3) is 0 Å². The van der Waals surface area contributed by atoms with Gasteiger partial charge in [-0.2, -0.15) is 0 Å². The lowest BCUT2D eigenvalue weighted by molar-refractivity contribution is 0.0961. The van der Waals surface area contributed by atoms with E-state index in [0.29, 0.717) is 23.0 Å². The number of benzene rings is 1. The molecule has 0 saturated carbocycles. The average Bonchev–Trinajstić information content (AvgIpc) is 2.91. The van der Waals surface area contributed by atoms with Crippen LogP contribution < -0.4 is 9.47 Å². The largest absolute Gasteiger partial charge is 0.485 e. The van der Waals surface area contributed by atoms with E-state index in [1.54, 1.807) is 18.2 Å². The number of aryl methyl sites for hydroxylation is 2. The molecule has 0 aliphatic carbocycles. The van der Waals surface area contributed by atoms with Gasteiger partial charge in [-0.05, 0) is 26.0 Å². The van der Waals surface area contributed by atoms with Gasteiger partial charge >= 0.3 is 0 Å². The minimum atomic E-state index is 0.000464. The molecule has 19 heavy (non-hydrogen) atoms. The van der Waals surface area contributed by atoms with Gasteiger partial charge in [0.15, 0.2) is 13.2 Å². The van der Waals surface area contributed by atoms with Gasteiger partial charge in [0.05, 0.1) is 11.3 Å². The summed E-state index contributed by atoms with van der Waals surface area (Å²) in [6.07, 6.45) is 0. The molecule has 0 fully saturated rings. The van der Waals surface area contributed by atoms with Crippen LogP contribution in [0.2, 0.25) is 0 Å². The fourth-order valence-electron chi connectivity index (χ4n) is 1.91. The van der Waals surface area contributed by atoms with Crippen molar-refractivity contribution in [3.8, 4) is 11.5 Å². The summed E-state index contributed by atoms with van der Waals surface area (Å²) in [6, 6.07) is 5.17. The highest BCUT2D eigenvalue weighted by Gasteiger charge is 2.21. The molecular weight excluding hydrogens is 246 g/mol. The molecule has 0 atom stereocenters. The normalized spacial score (nSPS) is 13.3. The summed E-state index contributed by atoms with van der Waals surface area (Å²) in [6.45, 7) is 4.11. The molecule has 1 aromatic carbocycles. The summed E-state index contributed by atoms with van der Waals surface area (Å²) in [5, 5.41) is 0. The molecular formula is C14H13NO4. The molecule has 1 aromatic heterocycles. The molecule has 0 saturated heterocycles. The molecule has 0 radical (unpaired) electrons. The monoisotopic (exact) mass is 259 g/mol. The Morgan fingerprint density at radius 2 is 2.21 bits per heavy atom. The summed E-state index contributed by atoms with van der Waals surface area (Å²) >= 11 is 0. The molecule has 1 aliphatic heterocycles. The molecule has 98 valence electrons. The summed E-state index contributed by atoms with van der Waals surface area (Å²) < 4.78 is 16.3. The Morgan fingerprint density at radius 3 is 2.95 bits per heavy atom. The zero-order valence-electron chi connectivity index (χ0n) is 10.7. The van der Waals surface area contributed by atoms with Crippen LogP contribution in [-0.2, 0) is 6.61 Å². The summed E-state index contributed by atoms with van der Waals surface area (Å²) in [4.78, 5) is 15.6. The molecule has 5 heteroatoms. The fraction of sp³-hybridized carbons (Fsp3) is 0.286. The molecule has 0 bridgehead atoms. The van der Waals surface area contributed by atoms with Gasteiger partial charge < -0.3 is 13.9 Å². The number of hydrogen-bond acceptors (Lipinski definition) is 5. The number of ketones is 1. The minimum absolute atomic E-state index is 0.000464. The van der Waals surface area contributed by atoms with Crippen LogP contribution in [0.3, 0.4) is 0 Å². The Balaban J connectivity index is 1.72. The summed E-state index contributed by atoms with van der Waals surface area (Å²) in [5.74, 6) is 2.53. The lowest BCUT2D eigenvalue weighted by atomic mass is 10.1. The van der Waals surface area contributed by atoms with Crippen molar-refractivity contribution in [2.75, 3.05) is 6.61 Å². The first kappa shape index (κ1) is 11.8. The molecule has 0 spiro atoms. The van der Waals surface area contributed by atoms with E-state index in [2.05, 4.69) is 4.98 Å². The zero-order chi connectivity index (χ0) is 13.4. The van der Waals surface area contributed by atoms with Gasteiger partial charge in [-0.1, -0.05) is 0 Å². The molecule has 0 unspecified atom stereocenters. The number of fused-ring (bicyclic) bond motifs is 1. The highest BCUT2D eigenvalue weighted by atomic mass is 16.5. The van der Waals surface area contributed by atoms with Crippen molar-refractivity contribution in [1.29, 1.82) is 0 Å². The lowest BCUT2D eigenvalue weighted by Gasteiger charge is -2.05. The van der Waals surface area contributed by atoms with E-state index in [0.717, 1.165) is 11.5 Å². The number of Topliss-reactive ketones (excluding diaryl/α,β-unsaturated/α-hetero) is 1. The Kier molecular flexibility index (Phi) is 2.74. The molecule has 2 aromatic rings. The van der Waals surface area contributed by atoms with Crippen LogP contribution >= 0.6 is 0 Å². The Morgan fingerprint density at radius 1 is 1.37 bits per heavy atom. The van der Waals surface area contributed by atoms with Crippen molar-refractivity contribution in [3.05, 3.63) is 41.1 Å². The first-order chi connectivity index (χ1) is 9.13. The zero-order valence-corrected chi connectivity index (χ0v) is 10.7. The van der Waals surface area contributed by atoms with Crippen LogP contribution in [0, 0.1) is 13.8 Å². The maximum absolute atomic E-state index is 11.4.